The van der Waals surface area contributed by atoms with Gasteiger partial charge in [-0.1, -0.05) is 32.9 Å². The zero-order valence-corrected chi connectivity index (χ0v) is 15.3. The van der Waals surface area contributed by atoms with Gasteiger partial charge in [0.15, 0.2) is 0 Å². The molecular weight excluding hydrogens is 310 g/mol. The maximum absolute atomic E-state index is 13.1. The van der Waals surface area contributed by atoms with E-state index >= 15 is 0 Å². The lowest BCUT2D eigenvalue weighted by Crippen LogP contribution is -2.48. The molecule has 1 aromatic carbocycles. The molecule has 0 unspecified atom stereocenters. The fourth-order valence-corrected chi connectivity index (χ4v) is 5.81. The van der Waals surface area contributed by atoms with Crippen molar-refractivity contribution in [1.82, 2.24) is 4.31 Å². The van der Waals surface area contributed by atoms with E-state index in [1.165, 1.54) is 0 Å². The van der Waals surface area contributed by atoms with E-state index < -0.39 is 10.0 Å². The van der Waals surface area contributed by atoms with Gasteiger partial charge in [-0.25, -0.2) is 8.42 Å². The molecule has 5 heteroatoms. The Balaban J connectivity index is 1.88. The van der Waals surface area contributed by atoms with Crippen LogP contribution in [0.3, 0.4) is 0 Å². The highest BCUT2D eigenvalue weighted by molar-refractivity contribution is 7.89. The van der Waals surface area contributed by atoms with Crippen molar-refractivity contribution in [3.63, 3.8) is 0 Å². The van der Waals surface area contributed by atoms with Crippen LogP contribution in [0.15, 0.2) is 29.2 Å². The van der Waals surface area contributed by atoms with Crippen LogP contribution in [0.4, 0.5) is 0 Å². The molecule has 23 heavy (non-hydrogen) atoms. The Labute approximate surface area is 139 Å². The van der Waals surface area contributed by atoms with Crippen molar-refractivity contribution in [2.24, 2.45) is 0 Å². The van der Waals surface area contributed by atoms with Crippen molar-refractivity contribution in [3.8, 4) is 0 Å². The smallest absolute Gasteiger partial charge is 0.243 e. The molecule has 4 nitrogen and oxygen atoms in total. The van der Waals surface area contributed by atoms with E-state index in [2.05, 4.69) is 20.8 Å². The second kappa shape index (κ2) is 5.87. The zero-order valence-electron chi connectivity index (χ0n) is 14.5. The minimum absolute atomic E-state index is 0.0259. The SMILES string of the molecule is CO[C@@H]1C[C@H]2CC[C@@H](C1)N2S(=O)(=O)c1ccc(C(C)(C)C)cc1. The molecule has 2 fully saturated rings. The summed E-state index contributed by atoms with van der Waals surface area (Å²) in [7, 11) is -1.69. The van der Waals surface area contributed by atoms with Crippen molar-refractivity contribution in [1.29, 1.82) is 0 Å². The van der Waals surface area contributed by atoms with Gasteiger partial charge in [-0.3, -0.25) is 0 Å². The number of piperidine rings is 1. The first-order chi connectivity index (χ1) is 10.7. The van der Waals surface area contributed by atoms with Crippen LogP contribution in [0.2, 0.25) is 0 Å². The third kappa shape index (κ3) is 3.06. The number of sulfonamides is 1. The van der Waals surface area contributed by atoms with Crippen molar-refractivity contribution >= 4 is 10.0 Å². The summed E-state index contributed by atoms with van der Waals surface area (Å²) >= 11 is 0. The molecule has 0 aliphatic carbocycles. The summed E-state index contributed by atoms with van der Waals surface area (Å²) in [5.74, 6) is 0. The summed E-state index contributed by atoms with van der Waals surface area (Å²) in [5.41, 5.74) is 1.18. The van der Waals surface area contributed by atoms with Gasteiger partial charge in [-0.05, 0) is 48.8 Å². The van der Waals surface area contributed by atoms with E-state index in [1.807, 2.05) is 12.1 Å². The summed E-state index contributed by atoms with van der Waals surface area (Å²) in [5, 5.41) is 0. The Bertz CT molecular complexity index is 647. The number of fused-ring (bicyclic) bond motifs is 2. The number of hydrogen-bond donors (Lipinski definition) is 0. The molecule has 3 atom stereocenters. The molecule has 2 bridgehead atoms. The Morgan fingerprint density at radius 1 is 1.04 bits per heavy atom. The number of ether oxygens (including phenoxy) is 1. The van der Waals surface area contributed by atoms with Gasteiger partial charge < -0.3 is 4.74 Å². The second-order valence-corrected chi connectivity index (χ2v) is 9.67. The van der Waals surface area contributed by atoms with Crippen LogP contribution in [-0.2, 0) is 20.2 Å². The van der Waals surface area contributed by atoms with E-state index in [0.29, 0.717) is 4.90 Å². The van der Waals surface area contributed by atoms with E-state index in [1.54, 1.807) is 23.5 Å². The molecule has 2 aliphatic heterocycles. The lowest BCUT2D eigenvalue weighted by atomic mass is 9.87. The lowest BCUT2D eigenvalue weighted by molar-refractivity contribution is 0.0349. The van der Waals surface area contributed by atoms with E-state index in [0.717, 1.165) is 31.2 Å². The fraction of sp³-hybridized carbons (Fsp3) is 0.667. The third-order valence-corrected chi connectivity index (χ3v) is 7.27. The van der Waals surface area contributed by atoms with Gasteiger partial charge in [0.2, 0.25) is 10.0 Å². The number of rotatable bonds is 3. The number of hydrogen-bond acceptors (Lipinski definition) is 3. The average molecular weight is 337 g/mol. The topological polar surface area (TPSA) is 46.6 Å². The fourth-order valence-electron chi connectivity index (χ4n) is 3.92. The van der Waals surface area contributed by atoms with Crippen LogP contribution in [-0.4, -0.2) is 38.0 Å². The molecule has 0 aromatic heterocycles. The maximum atomic E-state index is 13.1. The Hall–Kier alpha value is -0.910. The van der Waals surface area contributed by atoms with Crippen LogP contribution in [0.1, 0.15) is 52.0 Å². The van der Waals surface area contributed by atoms with E-state index in [-0.39, 0.29) is 23.6 Å². The summed E-state index contributed by atoms with van der Waals surface area (Å²) in [6.45, 7) is 6.39. The van der Waals surface area contributed by atoms with Crippen molar-refractivity contribution in [2.75, 3.05) is 7.11 Å². The number of benzene rings is 1. The molecule has 2 heterocycles. The highest BCUT2D eigenvalue weighted by atomic mass is 32.2. The molecule has 0 N–H and O–H groups in total. The monoisotopic (exact) mass is 337 g/mol. The molecule has 3 rings (SSSR count). The van der Waals surface area contributed by atoms with Crippen molar-refractivity contribution in [3.05, 3.63) is 29.8 Å². The maximum Gasteiger partial charge on any atom is 0.243 e. The second-order valence-electron chi connectivity index (χ2n) is 7.82. The van der Waals surface area contributed by atoms with Gasteiger partial charge in [0, 0.05) is 19.2 Å². The first-order valence-corrected chi connectivity index (χ1v) is 9.84. The summed E-state index contributed by atoms with van der Waals surface area (Å²) in [6.07, 6.45) is 3.72. The predicted molar refractivity (Wildman–Crippen MR) is 91.0 cm³/mol. The Morgan fingerprint density at radius 3 is 2.00 bits per heavy atom. The molecule has 0 radical (unpaired) electrons. The van der Waals surface area contributed by atoms with Crippen LogP contribution < -0.4 is 0 Å². The highest BCUT2D eigenvalue weighted by Crippen LogP contribution is 2.40. The van der Waals surface area contributed by atoms with Crippen molar-refractivity contribution in [2.45, 2.75) is 75.0 Å². The zero-order chi connectivity index (χ0) is 16.8. The van der Waals surface area contributed by atoms with Gasteiger partial charge in [-0.15, -0.1) is 0 Å². The Kier molecular flexibility index (Phi) is 4.32. The molecule has 0 saturated carbocycles. The summed E-state index contributed by atoms with van der Waals surface area (Å²) in [6, 6.07) is 7.58. The van der Waals surface area contributed by atoms with Gasteiger partial charge in [0.1, 0.15) is 0 Å². The number of nitrogens with zero attached hydrogens (tertiary/aromatic N) is 1. The molecule has 2 saturated heterocycles. The molecular formula is C18H27NO3S. The van der Waals surface area contributed by atoms with E-state index in [9.17, 15) is 8.42 Å². The third-order valence-electron chi connectivity index (χ3n) is 5.25. The minimum Gasteiger partial charge on any atom is -0.381 e. The molecule has 0 amide bonds. The standard InChI is InChI=1S/C18H27NO3S/c1-18(2,3)13-5-9-17(10-6-13)23(20,21)19-14-7-8-15(19)12-16(11-14)22-4/h5-6,9-10,14-16H,7-8,11-12H2,1-4H3/t14-,15+,16-. The average Bonchev–Trinajstić information content (AvgIpc) is 2.78. The Morgan fingerprint density at radius 2 is 1.57 bits per heavy atom. The molecule has 2 aliphatic rings. The van der Waals surface area contributed by atoms with Crippen molar-refractivity contribution < 1.29 is 13.2 Å². The van der Waals surface area contributed by atoms with E-state index in [4.69, 9.17) is 4.74 Å². The summed E-state index contributed by atoms with van der Waals surface area (Å²) in [4.78, 5) is 0.415. The normalized spacial score (nSPS) is 29.0. The highest BCUT2D eigenvalue weighted by Gasteiger charge is 2.47. The van der Waals surface area contributed by atoms with Crippen LogP contribution >= 0.6 is 0 Å². The quantitative estimate of drug-likeness (QED) is 0.850. The van der Waals surface area contributed by atoms with Crippen LogP contribution in [0, 0.1) is 0 Å². The van der Waals surface area contributed by atoms with Gasteiger partial charge in [-0.2, -0.15) is 4.31 Å². The molecule has 128 valence electrons. The van der Waals surface area contributed by atoms with Gasteiger partial charge in [0.05, 0.1) is 11.0 Å². The number of methoxy groups -OCH3 is 1. The lowest BCUT2D eigenvalue weighted by Gasteiger charge is -2.37. The molecule has 0 spiro atoms. The summed E-state index contributed by atoms with van der Waals surface area (Å²) < 4.78 is 33.4. The first kappa shape index (κ1) is 16.9. The minimum atomic E-state index is -3.41. The molecule has 1 aromatic rings. The largest absolute Gasteiger partial charge is 0.381 e. The predicted octanol–water partition coefficient (Wildman–Crippen LogP) is 3.31. The first-order valence-electron chi connectivity index (χ1n) is 8.40. The van der Waals surface area contributed by atoms with Gasteiger partial charge in [0.25, 0.3) is 0 Å². The van der Waals surface area contributed by atoms with Gasteiger partial charge >= 0.3 is 0 Å². The van der Waals surface area contributed by atoms with Crippen LogP contribution in [0.25, 0.3) is 0 Å². The van der Waals surface area contributed by atoms with Crippen LogP contribution in [0.5, 0.6) is 0 Å².